The molecule has 1 N–H and O–H groups in total. The highest BCUT2D eigenvalue weighted by Crippen LogP contribution is 2.26. The lowest BCUT2D eigenvalue weighted by molar-refractivity contribution is 0.0497. The van der Waals surface area contributed by atoms with Gasteiger partial charge in [0.25, 0.3) is 0 Å². The molecule has 1 atom stereocenters. The van der Waals surface area contributed by atoms with Gasteiger partial charge in [0.05, 0.1) is 12.3 Å². The Kier molecular flexibility index (Phi) is 5.42. The minimum atomic E-state index is -0.466. The zero-order valence-electron chi connectivity index (χ0n) is 15.3. The van der Waals surface area contributed by atoms with Crippen LogP contribution in [0.15, 0.2) is 12.4 Å². The first-order valence-corrected chi connectivity index (χ1v) is 9.05. The zero-order chi connectivity index (χ0) is 17.9. The third kappa shape index (κ3) is 5.04. The second kappa shape index (κ2) is 7.56. The smallest absolute Gasteiger partial charge is 0.407 e. The predicted molar refractivity (Wildman–Crippen MR) is 94.8 cm³/mol. The summed E-state index contributed by atoms with van der Waals surface area (Å²) in [5.74, 6) is 1.35. The number of amides is 1. The lowest BCUT2D eigenvalue weighted by Gasteiger charge is -2.33. The molecule has 3 heterocycles. The fraction of sp³-hybridized carbons (Fsp3) is 0.722. The lowest BCUT2D eigenvalue weighted by Crippen LogP contribution is -2.46. The van der Waals surface area contributed by atoms with Crippen LogP contribution in [0.4, 0.5) is 10.6 Å². The third-order valence-corrected chi connectivity index (χ3v) is 4.56. The van der Waals surface area contributed by atoms with Gasteiger partial charge in [0.2, 0.25) is 0 Å². The fourth-order valence-electron chi connectivity index (χ4n) is 3.25. The van der Waals surface area contributed by atoms with Crippen molar-refractivity contribution < 1.29 is 14.3 Å². The summed E-state index contributed by atoms with van der Waals surface area (Å²) in [6.45, 7) is 8.89. The highest BCUT2D eigenvalue weighted by Gasteiger charge is 2.25. The summed E-state index contributed by atoms with van der Waals surface area (Å²) in [6, 6.07) is 2.23. The van der Waals surface area contributed by atoms with Crippen LogP contribution in [-0.2, 0) is 9.47 Å². The SMILES string of the molecule is CC(C)(C)OC(=O)NC1CCN(c2cc(C3CCOC3)ncn2)CC1. The standard InChI is InChI=1S/C18H28N4O3/c1-18(2,3)25-17(23)21-14-4-7-22(8-5-14)16-10-15(19-12-20-16)13-6-9-24-11-13/h10,12-14H,4-9,11H2,1-3H3,(H,21,23). The van der Waals surface area contributed by atoms with Crippen molar-refractivity contribution in [2.24, 2.45) is 0 Å². The number of nitrogens with zero attached hydrogens (tertiary/aromatic N) is 3. The number of ether oxygens (including phenoxy) is 2. The van der Waals surface area contributed by atoms with Gasteiger partial charge in [-0.05, 0) is 40.0 Å². The number of piperidine rings is 1. The van der Waals surface area contributed by atoms with E-state index < -0.39 is 5.60 Å². The molecule has 25 heavy (non-hydrogen) atoms. The van der Waals surface area contributed by atoms with Crippen LogP contribution < -0.4 is 10.2 Å². The number of nitrogens with one attached hydrogen (secondary N) is 1. The molecule has 1 amide bonds. The number of carbonyl (C=O) groups excluding carboxylic acids is 1. The third-order valence-electron chi connectivity index (χ3n) is 4.56. The van der Waals surface area contributed by atoms with E-state index in [1.807, 2.05) is 20.8 Å². The molecule has 2 fully saturated rings. The number of carbonyl (C=O) groups is 1. The van der Waals surface area contributed by atoms with Crippen molar-refractivity contribution in [2.75, 3.05) is 31.2 Å². The van der Waals surface area contributed by atoms with Gasteiger partial charge in [0, 0.05) is 37.7 Å². The fourth-order valence-corrected chi connectivity index (χ4v) is 3.25. The van der Waals surface area contributed by atoms with Crippen molar-refractivity contribution in [1.29, 1.82) is 0 Å². The molecule has 138 valence electrons. The van der Waals surface area contributed by atoms with Crippen LogP contribution >= 0.6 is 0 Å². The highest BCUT2D eigenvalue weighted by atomic mass is 16.6. The predicted octanol–water partition coefficient (Wildman–Crippen LogP) is 2.47. The van der Waals surface area contributed by atoms with Crippen LogP contribution in [0, 0.1) is 0 Å². The summed E-state index contributed by atoms with van der Waals surface area (Å²) < 4.78 is 10.8. The van der Waals surface area contributed by atoms with Crippen LogP contribution in [0.3, 0.4) is 0 Å². The summed E-state index contributed by atoms with van der Waals surface area (Å²) in [4.78, 5) is 23.0. The van der Waals surface area contributed by atoms with Crippen LogP contribution in [0.5, 0.6) is 0 Å². The Hall–Kier alpha value is -1.89. The van der Waals surface area contributed by atoms with Crippen molar-refractivity contribution >= 4 is 11.9 Å². The van der Waals surface area contributed by atoms with E-state index in [0.29, 0.717) is 5.92 Å². The molecule has 0 radical (unpaired) electrons. The first-order chi connectivity index (χ1) is 11.9. The molecule has 0 aromatic carbocycles. The van der Waals surface area contributed by atoms with E-state index >= 15 is 0 Å². The summed E-state index contributed by atoms with van der Waals surface area (Å²) >= 11 is 0. The topological polar surface area (TPSA) is 76.6 Å². The maximum Gasteiger partial charge on any atom is 0.407 e. The molecule has 2 saturated heterocycles. The van der Waals surface area contributed by atoms with Crippen molar-refractivity contribution in [1.82, 2.24) is 15.3 Å². The Morgan fingerprint density at radius 3 is 2.68 bits per heavy atom. The molecular formula is C18H28N4O3. The highest BCUT2D eigenvalue weighted by molar-refractivity contribution is 5.68. The van der Waals surface area contributed by atoms with Gasteiger partial charge in [-0.15, -0.1) is 0 Å². The summed E-state index contributed by atoms with van der Waals surface area (Å²) in [6.07, 6.45) is 4.10. The van der Waals surface area contributed by atoms with E-state index in [1.54, 1.807) is 6.33 Å². The second-order valence-electron chi connectivity index (χ2n) is 7.77. The largest absolute Gasteiger partial charge is 0.444 e. The monoisotopic (exact) mass is 348 g/mol. The molecule has 0 spiro atoms. The van der Waals surface area contributed by atoms with Crippen LogP contribution in [0.1, 0.15) is 51.6 Å². The number of hydrogen-bond acceptors (Lipinski definition) is 6. The molecule has 2 aliphatic rings. The van der Waals surface area contributed by atoms with Gasteiger partial charge in [-0.2, -0.15) is 0 Å². The number of aromatic nitrogens is 2. The van der Waals surface area contributed by atoms with E-state index in [4.69, 9.17) is 9.47 Å². The maximum absolute atomic E-state index is 11.9. The molecule has 0 aliphatic carbocycles. The Morgan fingerprint density at radius 2 is 2.04 bits per heavy atom. The molecule has 1 aromatic heterocycles. The number of anilines is 1. The summed E-state index contributed by atoms with van der Waals surface area (Å²) in [5.41, 5.74) is 0.600. The average molecular weight is 348 g/mol. The van der Waals surface area contributed by atoms with E-state index in [0.717, 1.165) is 57.1 Å². The van der Waals surface area contributed by atoms with Gasteiger partial charge in [0.1, 0.15) is 17.7 Å². The molecule has 0 saturated carbocycles. The minimum Gasteiger partial charge on any atom is -0.444 e. The van der Waals surface area contributed by atoms with E-state index in [2.05, 4.69) is 26.3 Å². The number of alkyl carbamates (subject to hydrolysis) is 1. The Balaban J connectivity index is 1.52. The molecule has 7 heteroatoms. The number of rotatable bonds is 3. The van der Waals surface area contributed by atoms with Crippen LogP contribution in [0.2, 0.25) is 0 Å². The molecule has 3 rings (SSSR count). The van der Waals surface area contributed by atoms with Crippen molar-refractivity contribution in [3.05, 3.63) is 18.1 Å². The van der Waals surface area contributed by atoms with E-state index in [9.17, 15) is 4.79 Å². The van der Waals surface area contributed by atoms with Crippen molar-refractivity contribution in [3.63, 3.8) is 0 Å². The molecular weight excluding hydrogens is 320 g/mol. The molecule has 0 bridgehead atoms. The van der Waals surface area contributed by atoms with Gasteiger partial charge in [-0.1, -0.05) is 0 Å². The molecule has 1 aromatic rings. The van der Waals surface area contributed by atoms with Gasteiger partial charge in [0.15, 0.2) is 0 Å². The first kappa shape index (κ1) is 17.9. The lowest BCUT2D eigenvalue weighted by atomic mass is 10.0. The van der Waals surface area contributed by atoms with Gasteiger partial charge < -0.3 is 19.7 Å². The molecule has 1 unspecified atom stereocenters. The van der Waals surface area contributed by atoms with Gasteiger partial charge in [-0.3, -0.25) is 0 Å². The molecule has 7 nitrogen and oxygen atoms in total. The van der Waals surface area contributed by atoms with Crippen molar-refractivity contribution in [3.8, 4) is 0 Å². The van der Waals surface area contributed by atoms with E-state index in [1.165, 1.54) is 0 Å². The van der Waals surface area contributed by atoms with Crippen molar-refractivity contribution in [2.45, 2.75) is 57.6 Å². The van der Waals surface area contributed by atoms with E-state index in [-0.39, 0.29) is 12.1 Å². The quantitative estimate of drug-likeness (QED) is 0.904. The average Bonchev–Trinajstić information content (AvgIpc) is 3.08. The minimum absolute atomic E-state index is 0.149. The Bertz CT molecular complexity index is 588. The first-order valence-electron chi connectivity index (χ1n) is 9.05. The second-order valence-corrected chi connectivity index (χ2v) is 7.77. The van der Waals surface area contributed by atoms with Gasteiger partial charge in [-0.25, -0.2) is 14.8 Å². The van der Waals surface area contributed by atoms with Gasteiger partial charge >= 0.3 is 6.09 Å². The van der Waals surface area contributed by atoms with Crippen LogP contribution in [-0.4, -0.2) is 54.0 Å². The normalized spacial score (nSPS) is 22.0. The Labute approximate surface area is 149 Å². The molecule has 2 aliphatic heterocycles. The van der Waals surface area contributed by atoms with Crippen LogP contribution in [0.25, 0.3) is 0 Å². The number of hydrogen-bond donors (Lipinski definition) is 1. The summed E-state index contributed by atoms with van der Waals surface area (Å²) in [7, 11) is 0. The summed E-state index contributed by atoms with van der Waals surface area (Å²) in [5, 5.41) is 2.97. The Morgan fingerprint density at radius 1 is 1.28 bits per heavy atom. The zero-order valence-corrected chi connectivity index (χ0v) is 15.3. The maximum atomic E-state index is 11.9.